The molecule has 37 heavy (non-hydrogen) atoms. The van der Waals surface area contributed by atoms with Gasteiger partial charge in [-0.05, 0) is 56.6 Å². The topological polar surface area (TPSA) is 64.6 Å². The molecule has 1 amide bonds. The highest BCUT2D eigenvalue weighted by atomic mass is 79.9. The van der Waals surface area contributed by atoms with E-state index < -0.39 is 23.8 Å². The molecule has 0 bridgehead atoms. The molecule has 2 aromatic rings. The van der Waals surface area contributed by atoms with Crippen LogP contribution in [0.4, 0.5) is 5.69 Å². The third-order valence-corrected chi connectivity index (χ3v) is 6.30. The Morgan fingerprint density at radius 3 is 2.30 bits per heavy atom. The molecule has 0 heterocycles. The third-order valence-electron chi connectivity index (χ3n) is 6.30. The molecule has 0 radical (unpaired) electrons. The number of ether oxygens (including phenoxy) is 2. The van der Waals surface area contributed by atoms with Gasteiger partial charge < -0.3 is 36.3 Å². The molecule has 0 fully saturated rings. The van der Waals surface area contributed by atoms with Crippen LogP contribution in [-0.4, -0.2) is 56.2 Å². The van der Waals surface area contributed by atoms with Crippen LogP contribution in [0.2, 0.25) is 0 Å². The zero-order valence-corrected chi connectivity index (χ0v) is 23.9. The lowest BCUT2D eigenvalue weighted by molar-refractivity contribution is -0.906. The summed E-state index contributed by atoms with van der Waals surface area (Å²) < 4.78 is 49.7. The van der Waals surface area contributed by atoms with Gasteiger partial charge in [-0.25, -0.2) is 4.79 Å². The number of carbonyl (C=O) groups excluding carboxylic acids is 2. The largest absolute Gasteiger partial charge is 1.00 e. The maximum atomic E-state index is 12.9. The monoisotopic (exact) mass is 581 g/mol. The van der Waals surface area contributed by atoms with Crippen LogP contribution in [-0.2, 0) is 4.74 Å². The molecule has 0 spiro atoms. The summed E-state index contributed by atoms with van der Waals surface area (Å²) in [5.41, 5.74) is 1.17. The summed E-state index contributed by atoms with van der Waals surface area (Å²) in [5.74, 6) is -0.420. The Morgan fingerprint density at radius 2 is 1.62 bits per heavy atom. The van der Waals surface area contributed by atoms with Crippen molar-refractivity contribution < 1.29 is 47.4 Å². The zero-order valence-electron chi connectivity index (χ0n) is 27.4. The van der Waals surface area contributed by atoms with Crippen LogP contribution in [0.1, 0.15) is 93.2 Å². The number of carbonyl (C=O) groups is 2. The molecule has 206 valence electrons. The van der Waals surface area contributed by atoms with Crippen LogP contribution >= 0.6 is 0 Å². The Kier molecular flexibility index (Phi) is 12.1. The second-order valence-electron chi connectivity index (χ2n) is 9.18. The van der Waals surface area contributed by atoms with Crippen molar-refractivity contribution in [1.82, 2.24) is 0 Å². The highest BCUT2D eigenvalue weighted by Crippen LogP contribution is 2.21. The summed E-state index contributed by atoms with van der Waals surface area (Å²) in [6.45, 7) is -0.797. The predicted molar refractivity (Wildman–Crippen MR) is 147 cm³/mol. The number of likely N-dealkylation sites (N-methyl/N-ethyl adjacent to an activating group) is 1. The summed E-state index contributed by atoms with van der Waals surface area (Å²) in [6.07, 6.45) is 8.25. The molecule has 0 aliphatic carbocycles. The average molecular weight is 583 g/mol. The number of halogens is 1. The van der Waals surface area contributed by atoms with E-state index in [1.54, 1.807) is 37.3 Å². The highest BCUT2D eigenvalue weighted by molar-refractivity contribution is 6.06. The molecule has 1 unspecified atom stereocenters. The molecule has 0 saturated heterocycles. The minimum atomic E-state index is -2.82. The number of nitrogens with one attached hydrogen (secondary N) is 1. The van der Waals surface area contributed by atoms with Crippen LogP contribution in [0.3, 0.4) is 0 Å². The van der Waals surface area contributed by atoms with E-state index in [0.29, 0.717) is 23.6 Å². The number of unbranched alkanes of at least 4 members (excludes halogenated alkanes) is 6. The van der Waals surface area contributed by atoms with Crippen LogP contribution in [0.15, 0.2) is 48.5 Å². The van der Waals surface area contributed by atoms with E-state index >= 15 is 0 Å². The van der Waals surface area contributed by atoms with Gasteiger partial charge >= 0.3 is 5.97 Å². The number of hydrogen-bond donors (Lipinski definition) is 1. The Labute approximate surface area is 241 Å². The molecular formula is C30H45BrN2O4. The number of benzene rings is 2. The normalized spacial score (nSPS) is 14.9. The van der Waals surface area contributed by atoms with Crippen LogP contribution < -0.4 is 27.0 Å². The van der Waals surface area contributed by atoms with Gasteiger partial charge in [-0.3, -0.25) is 4.79 Å². The number of quaternary nitrogens is 1. The average Bonchev–Trinajstić information content (AvgIpc) is 2.94. The fourth-order valence-corrected chi connectivity index (χ4v) is 3.63. The standard InChI is InChI=1S/C30H44N2O4.BrH/c1-5-8-9-10-11-12-15-23-35-28-17-14-13-16-27(28)29(33)31-26-20-18-25(19-21-26)30(34)36-24-22-32(4,6-2)7-3;/h13-14,16-21H,5-12,15,22-24H2,1-4H3;1H/i2D3,6D2;. The van der Waals surface area contributed by atoms with E-state index in [4.69, 9.17) is 16.3 Å². The van der Waals surface area contributed by atoms with Crippen molar-refractivity contribution in [3.63, 3.8) is 0 Å². The molecule has 2 rings (SSSR count). The Morgan fingerprint density at radius 1 is 0.946 bits per heavy atom. The quantitative estimate of drug-likeness (QED) is 0.176. The van der Waals surface area contributed by atoms with Crippen LogP contribution in [0.5, 0.6) is 5.75 Å². The first-order valence-electron chi connectivity index (χ1n) is 15.5. The first kappa shape index (κ1) is 24.9. The van der Waals surface area contributed by atoms with E-state index in [1.807, 2.05) is 6.07 Å². The zero-order chi connectivity index (χ0) is 30.5. The summed E-state index contributed by atoms with van der Waals surface area (Å²) >= 11 is 0. The van der Waals surface area contributed by atoms with Crippen molar-refractivity contribution >= 4 is 17.6 Å². The highest BCUT2D eigenvalue weighted by Gasteiger charge is 2.18. The summed E-state index contributed by atoms with van der Waals surface area (Å²) in [5, 5.41) is 2.83. The second-order valence-corrected chi connectivity index (χ2v) is 9.18. The van der Waals surface area contributed by atoms with Crippen molar-refractivity contribution in [3.8, 4) is 5.75 Å². The first-order valence-corrected chi connectivity index (χ1v) is 13.0. The maximum Gasteiger partial charge on any atom is 0.338 e. The summed E-state index contributed by atoms with van der Waals surface area (Å²) in [7, 11) is 1.50. The number of anilines is 1. The van der Waals surface area contributed by atoms with Gasteiger partial charge in [0.05, 0.1) is 40.6 Å². The Bertz CT molecular complexity index is 1120. The van der Waals surface area contributed by atoms with E-state index in [2.05, 4.69) is 12.2 Å². The van der Waals surface area contributed by atoms with Gasteiger partial charge in [0.25, 0.3) is 5.91 Å². The molecule has 0 aliphatic rings. The molecule has 1 N–H and O–H groups in total. The first-order chi connectivity index (χ1) is 19.4. The fourth-order valence-electron chi connectivity index (χ4n) is 3.63. The predicted octanol–water partition coefficient (Wildman–Crippen LogP) is 3.72. The molecule has 7 heteroatoms. The molecule has 0 aromatic heterocycles. The van der Waals surface area contributed by atoms with E-state index in [0.717, 1.165) is 12.8 Å². The molecule has 0 aliphatic heterocycles. The van der Waals surface area contributed by atoms with Gasteiger partial charge in [0, 0.05) is 9.80 Å². The van der Waals surface area contributed by atoms with Gasteiger partial charge in [-0.2, -0.15) is 0 Å². The summed E-state index contributed by atoms with van der Waals surface area (Å²) in [4.78, 5) is 25.5. The molecule has 2 aromatic carbocycles. The van der Waals surface area contributed by atoms with E-state index in [-0.39, 0.29) is 48.1 Å². The van der Waals surface area contributed by atoms with Crippen molar-refractivity contribution in [3.05, 3.63) is 59.7 Å². The number of amides is 1. The van der Waals surface area contributed by atoms with Crippen molar-refractivity contribution in [2.24, 2.45) is 0 Å². The maximum absolute atomic E-state index is 12.9. The van der Waals surface area contributed by atoms with E-state index in [1.165, 1.54) is 51.3 Å². The van der Waals surface area contributed by atoms with Crippen LogP contribution in [0.25, 0.3) is 0 Å². The number of hydrogen-bond acceptors (Lipinski definition) is 4. The smallest absolute Gasteiger partial charge is 0.338 e. The minimum absolute atomic E-state index is 0. The van der Waals surface area contributed by atoms with Crippen molar-refractivity contribution in [2.75, 3.05) is 45.2 Å². The molecule has 1 atom stereocenters. The number of para-hydroxylation sites is 1. The van der Waals surface area contributed by atoms with Gasteiger partial charge in [0.1, 0.15) is 18.9 Å². The number of esters is 1. The Balaban J connectivity index is 0.00000882. The molecule has 0 saturated carbocycles. The van der Waals surface area contributed by atoms with Crippen molar-refractivity contribution in [1.29, 1.82) is 0 Å². The lowest BCUT2D eigenvalue weighted by Gasteiger charge is -2.31. The molecular weight excluding hydrogens is 532 g/mol. The number of nitrogens with zero attached hydrogens (tertiary/aromatic N) is 1. The number of rotatable bonds is 17. The third kappa shape index (κ3) is 11.7. The lowest BCUT2D eigenvalue weighted by atomic mass is 10.1. The molecule has 6 nitrogen and oxygen atoms in total. The minimum Gasteiger partial charge on any atom is -1.00 e. The lowest BCUT2D eigenvalue weighted by Crippen LogP contribution is -3.00. The van der Waals surface area contributed by atoms with E-state index in [9.17, 15) is 9.59 Å². The fraction of sp³-hybridized carbons (Fsp3) is 0.533. The van der Waals surface area contributed by atoms with Gasteiger partial charge in [-0.1, -0.05) is 57.6 Å². The van der Waals surface area contributed by atoms with Gasteiger partial charge in [0.2, 0.25) is 0 Å². The van der Waals surface area contributed by atoms with Crippen molar-refractivity contribution in [2.45, 2.75) is 65.6 Å². The van der Waals surface area contributed by atoms with Gasteiger partial charge in [0.15, 0.2) is 0 Å². The SMILES string of the molecule is [2H]C([2H])([2H])C([2H])([2H])[N+](C)(CC)CCOC(=O)c1ccc(NC(=O)c2ccccc2OCCCCCCCCC)cc1.[Br-]. The second kappa shape index (κ2) is 18.0. The Hall–Kier alpha value is -2.38. The summed E-state index contributed by atoms with van der Waals surface area (Å²) in [6, 6.07) is 13.3. The van der Waals surface area contributed by atoms with Gasteiger partial charge in [-0.15, -0.1) is 0 Å². The van der Waals surface area contributed by atoms with Crippen LogP contribution in [0, 0.1) is 0 Å².